The first-order valence-corrected chi connectivity index (χ1v) is 20.6. The predicted octanol–water partition coefficient (Wildman–Crippen LogP) is 6.61. The fraction of sp³-hybridized carbons (Fsp3) is 0.522. The molecule has 1 aromatic heterocycles. The van der Waals surface area contributed by atoms with Crippen LogP contribution >= 0.6 is 0 Å². The van der Waals surface area contributed by atoms with Crippen molar-refractivity contribution in [3.05, 3.63) is 66.2 Å². The van der Waals surface area contributed by atoms with Crippen LogP contribution in [-0.4, -0.2) is 78.7 Å². The van der Waals surface area contributed by atoms with Crippen molar-refractivity contribution in [3.8, 4) is 22.8 Å². The Balaban J connectivity index is 1.49. The van der Waals surface area contributed by atoms with Crippen LogP contribution in [0.1, 0.15) is 93.4 Å². The Hall–Kier alpha value is -5.46. The third kappa shape index (κ3) is 11.4. The molecule has 318 valence electrons. The summed E-state index contributed by atoms with van der Waals surface area (Å²) in [5.41, 5.74) is 0.614. The van der Waals surface area contributed by atoms with E-state index in [1.54, 1.807) is 46.9 Å². The molecule has 3 amide bonds. The van der Waals surface area contributed by atoms with Gasteiger partial charge in [0.2, 0.25) is 17.7 Å². The van der Waals surface area contributed by atoms with Crippen molar-refractivity contribution in [3.63, 3.8) is 0 Å². The summed E-state index contributed by atoms with van der Waals surface area (Å²) in [7, 11) is 2.87. The van der Waals surface area contributed by atoms with Crippen LogP contribution in [0.4, 0.5) is 0 Å². The monoisotopic (exact) mass is 812 g/mol. The van der Waals surface area contributed by atoms with E-state index in [9.17, 15) is 24.0 Å². The van der Waals surface area contributed by atoms with E-state index >= 15 is 0 Å². The van der Waals surface area contributed by atoms with Crippen molar-refractivity contribution in [2.24, 2.45) is 17.3 Å². The van der Waals surface area contributed by atoms with Gasteiger partial charge in [0, 0.05) is 35.1 Å². The van der Waals surface area contributed by atoms with E-state index in [-0.39, 0.29) is 24.3 Å². The average molecular weight is 813 g/mol. The highest BCUT2D eigenvalue weighted by Gasteiger charge is 2.43. The summed E-state index contributed by atoms with van der Waals surface area (Å²) in [6, 6.07) is 14.0. The largest absolute Gasteiger partial charge is 0.497 e. The molecule has 2 aromatic carbocycles. The highest BCUT2D eigenvalue weighted by molar-refractivity contribution is 6.04. The average Bonchev–Trinajstić information content (AvgIpc) is 3.63. The molecule has 2 aliphatic rings. The molecule has 2 aliphatic carbocycles. The number of fused-ring (bicyclic) bond motifs is 1. The van der Waals surface area contributed by atoms with Crippen molar-refractivity contribution < 1.29 is 42.9 Å². The molecule has 13 heteroatoms. The zero-order valence-corrected chi connectivity index (χ0v) is 35.8. The molecule has 1 heterocycles. The van der Waals surface area contributed by atoms with Crippen molar-refractivity contribution in [1.29, 1.82) is 0 Å². The van der Waals surface area contributed by atoms with E-state index in [2.05, 4.69) is 16.0 Å². The maximum absolute atomic E-state index is 14.5. The molecule has 3 N–H and O–H groups in total. The molecule has 1 saturated carbocycles. The molecule has 1 fully saturated rings. The minimum Gasteiger partial charge on any atom is -0.497 e. The lowest BCUT2D eigenvalue weighted by Crippen LogP contribution is -2.58. The van der Waals surface area contributed by atoms with Crippen LogP contribution in [0.2, 0.25) is 0 Å². The number of carbonyl (C=O) groups excluding carboxylic acids is 5. The molecule has 0 aliphatic heterocycles. The topological polar surface area (TPSA) is 171 Å². The van der Waals surface area contributed by atoms with E-state index in [4.69, 9.17) is 23.9 Å². The summed E-state index contributed by atoms with van der Waals surface area (Å²) in [5.74, 6) is -2.96. The minimum atomic E-state index is -1.10. The number of nitrogens with zero attached hydrogens (tertiary/aromatic N) is 1. The van der Waals surface area contributed by atoms with Crippen molar-refractivity contribution in [1.82, 2.24) is 20.9 Å². The Labute approximate surface area is 347 Å². The summed E-state index contributed by atoms with van der Waals surface area (Å²) >= 11 is 0. The first-order chi connectivity index (χ1) is 27.9. The number of hydrogen-bond donors (Lipinski definition) is 3. The summed E-state index contributed by atoms with van der Waals surface area (Å²) in [5, 5.41) is 9.32. The normalized spacial score (nSPS) is 18.8. The number of carbonyl (C=O) groups is 5. The number of aromatic nitrogens is 1. The Morgan fingerprint density at radius 3 is 2.15 bits per heavy atom. The van der Waals surface area contributed by atoms with E-state index in [1.165, 1.54) is 7.11 Å². The third-order valence-corrected chi connectivity index (χ3v) is 10.8. The first-order valence-electron chi connectivity index (χ1n) is 20.6. The van der Waals surface area contributed by atoms with Gasteiger partial charge in [-0.1, -0.05) is 77.3 Å². The molecule has 5 atom stereocenters. The molecule has 13 nitrogen and oxygen atoms in total. The number of pyridine rings is 1. The van der Waals surface area contributed by atoms with Crippen LogP contribution in [0.15, 0.2) is 66.2 Å². The van der Waals surface area contributed by atoms with Gasteiger partial charge < -0.3 is 34.9 Å². The lowest BCUT2D eigenvalue weighted by Gasteiger charge is -2.34. The van der Waals surface area contributed by atoms with Crippen LogP contribution in [-0.2, 0) is 33.4 Å². The third-order valence-electron chi connectivity index (χ3n) is 10.8. The molecule has 0 spiro atoms. The number of rotatable bonds is 14. The van der Waals surface area contributed by atoms with E-state index < -0.39 is 70.8 Å². The molecule has 0 saturated heterocycles. The van der Waals surface area contributed by atoms with Gasteiger partial charge in [0.1, 0.15) is 41.3 Å². The second kappa shape index (κ2) is 19.1. The second-order valence-corrected chi connectivity index (χ2v) is 17.5. The zero-order chi connectivity index (χ0) is 43.1. The maximum Gasteiger partial charge on any atom is 0.329 e. The Bertz CT molecular complexity index is 2030. The van der Waals surface area contributed by atoms with E-state index in [0.717, 1.165) is 37.7 Å². The summed E-state index contributed by atoms with van der Waals surface area (Å²) in [4.78, 5) is 73.8. The smallest absolute Gasteiger partial charge is 0.329 e. The van der Waals surface area contributed by atoms with Crippen LogP contribution in [0, 0.1) is 17.3 Å². The standard InChI is InChI=1S/C46H60N4O9/c1-10-34(43(54)59-46(5,6)7)48-40(51)32-23-30(58-37-26-35(27-17-13-11-14-18-27)47-36-25-29(56-8)21-22-31(36)37)24-33(32)41(52)50-39(45(2,3)4)42(53)49-38(44(55)57-9)28-19-15-12-16-20-28/h11,13-14,17-18,21-22,24-26,28,30,32,34,38-39H,10,12,15-16,19-20,23H2,1-9H3,(H,48,51)(H,49,53)(H,50,52)/t30?,32?,34-,38?,39+/m0/s1. The van der Waals surface area contributed by atoms with Crippen LogP contribution in [0.3, 0.4) is 0 Å². The van der Waals surface area contributed by atoms with Gasteiger partial charge in [0.05, 0.1) is 31.3 Å². The molecular weight excluding hydrogens is 753 g/mol. The van der Waals surface area contributed by atoms with Crippen molar-refractivity contribution in [2.45, 2.75) is 123 Å². The lowest BCUT2D eigenvalue weighted by molar-refractivity contribution is -0.159. The second-order valence-electron chi connectivity index (χ2n) is 17.5. The number of benzene rings is 2. The minimum absolute atomic E-state index is 0.0540. The van der Waals surface area contributed by atoms with Crippen LogP contribution in [0.25, 0.3) is 22.2 Å². The molecule has 5 rings (SSSR count). The van der Waals surface area contributed by atoms with Gasteiger partial charge in [0.15, 0.2) is 0 Å². The quantitative estimate of drug-likeness (QED) is 0.151. The fourth-order valence-corrected chi connectivity index (χ4v) is 7.69. The molecule has 3 aromatic rings. The summed E-state index contributed by atoms with van der Waals surface area (Å²) in [6.07, 6.45) is 5.62. The van der Waals surface area contributed by atoms with Gasteiger partial charge in [-0.05, 0) is 69.6 Å². The Kier molecular flexibility index (Phi) is 14.4. The van der Waals surface area contributed by atoms with E-state index in [1.807, 2.05) is 69.3 Å². The fourth-order valence-electron chi connectivity index (χ4n) is 7.69. The number of amides is 3. The summed E-state index contributed by atoms with van der Waals surface area (Å²) < 4.78 is 22.8. The lowest BCUT2D eigenvalue weighted by atomic mass is 9.82. The molecule has 3 unspecified atom stereocenters. The maximum atomic E-state index is 14.5. The van der Waals surface area contributed by atoms with Gasteiger partial charge in [0.25, 0.3) is 0 Å². The molecule has 0 radical (unpaired) electrons. The molecular formula is C46H60N4O9. The van der Waals surface area contributed by atoms with Gasteiger partial charge >= 0.3 is 11.9 Å². The predicted molar refractivity (Wildman–Crippen MR) is 224 cm³/mol. The SMILES string of the molecule is CC[C@H](NC(=O)C1CC(Oc2cc(-c3ccccc3)nc3cc(OC)ccc23)C=C1C(=O)N[C@H](C(=O)NC(C(=O)OC)C1CCCCC1)C(C)(C)C)C(=O)OC(C)(C)C. The number of nitrogens with one attached hydrogen (secondary N) is 3. The van der Waals surface area contributed by atoms with Gasteiger partial charge in [-0.3, -0.25) is 14.4 Å². The van der Waals surface area contributed by atoms with Gasteiger partial charge in [-0.15, -0.1) is 0 Å². The highest BCUT2D eigenvalue weighted by Crippen LogP contribution is 2.37. The molecule has 0 bridgehead atoms. The number of hydrogen-bond acceptors (Lipinski definition) is 10. The number of esters is 2. The summed E-state index contributed by atoms with van der Waals surface area (Å²) in [6.45, 7) is 12.4. The van der Waals surface area contributed by atoms with Crippen molar-refractivity contribution in [2.75, 3.05) is 14.2 Å². The van der Waals surface area contributed by atoms with Crippen LogP contribution in [0.5, 0.6) is 11.5 Å². The number of methoxy groups -OCH3 is 2. The van der Waals surface area contributed by atoms with Gasteiger partial charge in [-0.25, -0.2) is 14.6 Å². The number of ether oxygens (including phenoxy) is 4. The zero-order valence-electron chi connectivity index (χ0n) is 35.8. The van der Waals surface area contributed by atoms with Crippen molar-refractivity contribution >= 4 is 40.6 Å². The van der Waals surface area contributed by atoms with Gasteiger partial charge in [-0.2, -0.15) is 0 Å². The molecule has 59 heavy (non-hydrogen) atoms. The van der Waals surface area contributed by atoms with Crippen LogP contribution < -0.4 is 25.4 Å². The Morgan fingerprint density at radius 1 is 0.847 bits per heavy atom. The Morgan fingerprint density at radius 2 is 1.54 bits per heavy atom. The highest BCUT2D eigenvalue weighted by atomic mass is 16.6. The first kappa shape index (κ1) is 44.6. The van der Waals surface area contributed by atoms with E-state index in [0.29, 0.717) is 28.1 Å².